The van der Waals surface area contributed by atoms with Gasteiger partial charge in [-0.3, -0.25) is 0 Å². The molecule has 0 amide bonds. The molecule has 2 aromatic rings. The van der Waals surface area contributed by atoms with Crippen LogP contribution in [0.2, 0.25) is 0 Å². The zero-order valence-electron chi connectivity index (χ0n) is 10.6. The van der Waals surface area contributed by atoms with Gasteiger partial charge in [0.05, 0.1) is 6.04 Å². The van der Waals surface area contributed by atoms with Crippen LogP contribution in [0.1, 0.15) is 31.6 Å². The van der Waals surface area contributed by atoms with E-state index in [-0.39, 0.29) is 18.1 Å². The summed E-state index contributed by atoms with van der Waals surface area (Å²) in [5, 5.41) is 13.9. The van der Waals surface area contributed by atoms with Crippen LogP contribution in [0.25, 0.3) is 11.0 Å². The Morgan fingerprint density at radius 3 is 2.83 bits per heavy atom. The highest BCUT2D eigenvalue weighted by molar-refractivity contribution is 5.77. The molecule has 1 aromatic heterocycles. The smallest absolute Gasteiger partial charge is 0.134 e. The van der Waals surface area contributed by atoms with Crippen LogP contribution in [0.4, 0.5) is 0 Å². The van der Waals surface area contributed by atoms with E-state index in [9.17, 15) is 5.11 Å². The summed E-state index contributed by atoms with van der Waals surface area (Å²) in [7, 11) is 0. The van der Waals surface area contributed by atoms with Crippen molar-refractivity contribution in [1.82, 2.24) is 5.32 Å². The summed E-state index contributed by atoms with van der Waals surface area (Å²) < 4.78 is 5.82. The number of rotatable bonds is 5. The molecule has 1 aromatic carbocycles. The first-order chi connectivity index (χ1) is 8.72. The Morgan fingerprint density at radius 1 is 1.39 bits per heavy atom. The van der Waals surface area contributed by atoms with Crippen molar-refractivity contribution < 1.29 is 9.52 Å². The normalized spacial score (nSPS) is 19.0. The molecule has 0 bridgehead atoms. The van der Waals surface area contributed by atoms with Crippen LogP contribution in [0.3, 0.4) is 0 Å². The Morgan fingerprint density at radius 2 is 2.17 bits per heavy atom. The number of para-hydroxylation sites is 1. The predicted octanol–water partition coefficient (Wildman–Crippen LogP) is 2.86. The number of hydrogen-bond acceptors (Lipinski definition) is 3. The monoisotopic (exact) mass is 245 g/mol. The highest BCUT2D eigenvalue weighted by Crippen LogP contribution is 2.44. The average Bonchev–Trinajstić information content (AvgIpc) is 3.05. The van der Waals surface area contributed by atoms with Gasteiger partial charge in [-0.05, 0) is 31.9 Å². The molecule has 1 aliphatic carbocycles. The van der Waals surface area contributed by atoms with E-state index in [0.717, 1.165) is 36.1 Å². The van der Waals surface area contributed by atoms with Crippen LogP contribution in [0, 0.1) is 5.41 Å². The average molecular weight is 245 g/mol. The first-order valence-electron chi connectivity index (χ1n) is 6.55. The highest BCUT2D eigenvalue weighted by atomic mass is 16.3. The van der Waals surface area contributed by atoms with E-state index < -0.39 is 0 Å². The number of benzene rings is 1. The Bertz CT molecular complexity index is 509. The molecule has 0 saturated heterocycles. The molecule has 3 nitrogen and oxygen atoms in total. The summed E-state index contributed by atoms with van der Waals surface area (Å²) in [6.45, 7) is 3.25. The van der Waals surface area contributed by atoms with Gasteiger partial charge >= 0.3 is 0 Å². The maximum Gasteiger partial charge on any atom is 0.134 e. The van der Waals surface area contributed by atoms with Gasteiger partial charge in [-0.1, -0.05) is 18.2 Å². The number of nitrogens with one attached hydrogen (secondary N) is 1. The summed E-state index contributed by atoms with van der Waals surface area (Å²) in [4.78, 5) is 0. The van der Waals surface area contributed by atoms with Crippen molar-refractivity contribution in [1.29, 1.82) is 0 Å². The Hall–Kier alpha value is -1.32. The van der Waals surface area contributed by atoms with Gasteiger partial charge < -0.3 is 14.8 Å². The molecule has 1 heterocycles. The molecule has 0 aliphatic heterocycles. The lowest BCUT2D eigenvalue weighted by Crippen LogP contribution is -2.28. The van der Waals surface area contributed by atoms with Crippen molar-refractivity contribution in [2.24, 2.45) is 5.41 Å². The minimum atomic E-state index is 0.139. The van der Waals surface area contributed by atoms with E-state index in [1.807, 2.05) is 18.2 Å². The predicted molar refractivity (Wildman–Crippen MR) is 71.4 cm³/mol. The van der Waals surface area contributed by atoms with Crippen molar-refractivity contribution >= 4 is 11.0 Å². The van der Waals surface area contributed by atoms with Crippen LogP contribution in [-0.2, 0) is 0 Å². The summed E-state index contributed by atoms with van der Waals surface area (Å²) >= 11 is 0. The van der Waals surface area contributed by atoms with Gasteiger partial charge in [0.15, 0.2) is 0 Å². The highest BCUT2D eigenvalue weighted by Gasteiger charge is 2.41. The topological polar surface area (TPSA) is 45.4 Å². The zero-order valence-corrected chi connectivity index (χ0v) is 10.6. The molecule has 1 atom stereocenters. The minimum Gasteiger partial charge on any atom is -0.459 e. The maximum absolute atomic E-state index is 9.29. The quantitative estimate of drug-likeness (QED) is 0.851. The number of hydrogen-bond donors (Lipinski definition) is 2. The van der Waals surface area contributed by atoms with Crippen LogP contribution in [0.15, 0.2) is 34.7 Å². The molecule has 2 N–H and O–H groups in total. The Balaban J connectivity index is 1.69. The molecule has 3 rings (SSSR count). The number of aliphatic hydroxyl groups excluding tert-OH is 1. The van der Waals surface area contributed by atoms with Crippen LogP contribution in [0.5, 0.6) is 0 Å². The van der Waals surface area contributed by atoms with Gasteiger partial charge in [0.1, 0.15) is 11.3 Å². The number of furan rings is 1. The molecule has 96 valence electrons. The SMILES string of the molecule is CC(NCC1(CO)CC1)c1cc2ccccc2o1. The molecule has 1 saturated carbocycles. The van der Waals surface area contributed by atoms with Gasteiger partial charge in [0.25, 0.3) is 0 Å². The second kappa shape index (κ2) is 4.41. The second-order valence-corrected chi connectivity index (χ2v) is 5.45. The molecule has 0 spiro atoms. The third kappa shape index (κ3) is 2.16. The first-order valence-corrected chi connectivity index (χ1v) is 6.55. The molecule has 3 heteroatoms. The fraction of sp³-hybridized carbons (Fsp3) is 0.467. The van der Waals surface area contributed by atoms with Gasteiger partial charge in [0, 0.05) is 24.0 Å². The van der Waals surface area contributed by atoms with Crippen molar-refractivity contribution in [2.45, 2.75) is 25.8 Å². The lowest BCUT2D eigenvalue weighted by molar-refractivity contribution is 0.203. The van der Waals surface area contributed by atoms with E-state index >= 15 is 0 Å². The van der Waals surface area contributed by atoms with Gasteiger partial charge in [-0.15, -0.1) is 0 Å². The molecular formula is C15H19NO2. The molecule has 1 unspecified atom stereocenters. The van der Waals surface area contributed by atoms with Crippen molar-refractivity contribution in [2.75, 3.05) is 13.2 Å². The summed E-state index contributed by atoms with van der Waals surface area (Å²) in [5.41, 5.74) is 1.07. The van der Waals surface area contributed by atoms with Crippen molar-refractivity contribution in [3.63, 3.8) is 0 Å². The minimum absolute atomic E-state index is 0.139. The molecule has 18 heavy (non-hydrogen) atoms. The molecule has 1 fully saturated rings. The van der Waals surface area contributed by atoms with Gasteiger partial charge in [0.2, 0.25) is 0 Å². The lowest BCUT2D eigenvalue weighted by atomic mass is 10.1. The fourth-order valence-electron chi connectivity index (χ4n) is 2.25. The van der Waals surface area contributed by atoms with E-state index in [1.165, 1.54) is 0 Å². The van der Waals surface area contributed by atoms with E-state index in [2.05, 4.69) is 24.4 Å². The Kier molecular flexibility index (Phi) is 2.88. The van der Waals surface area contributed by atoms with E-state index in [0.29, 0.717) is 0 Å². The second-order valence-electron chi connectivity index (χ2n) is 5.45. The largest absolute Gasteiger partial charge is 0.459 e. The van der Waals surface area contributed by atoms with Gasteiger partial charge in [-0.25, -0.2) is 0 Å². The third-order valence-electron chi connectivity index (χ3n) is 3.95. The Labute approximate surface area is 107 Å². The standard InChI is InChI=1S/C15H19NO2/c1-11(16-9-15(10-17)6-7-15)14-8-12-4-2-3-5-13(12)18-14/h2-5,8,11,16-17H,6-7,9-10H2,1H3. The van der Waals surface area contributed by atoms with Crippen LogP contribution in [-0.4, -0.2) is 18.3 Å². The first kappa shape index (κ1) is 11.8. The molecule has 1 aliphatic rings. The number of aliphatic hydroxyl groups is 1. The van der Waals surface area contributed by atoms with Crippen LogP contribution >= 0.6 is 0 Å². The number of fused-ring (bicyclic) bond motifs is 1. The summed E-state index contributed by atoms with van der Waals surface area (Å²) in [6, 6.07) is 10.3. The maximum atomic E-state index is 9.29. The summed E-state index contributed by atoms with van der Waals surface area (Å²) in [6.07, 6.45) is 2.26. The molecular weight excluding hydrogens is 226 g/mol. The molecule has 0 radical (unpaired) electrons. The lowest BCUT2D eigenvalue weighted by Gasteiger charge is -2.16. The summed E-state index contributed by atoms with van der Waals surface area (Å²) in [5.74, 6) is 0.963. The van der Waals surface area contributed by atoms with Gasteiger partial charge in [-0.2, -0.15) is 0 Å². The zero-order chi connectivity index (χ0) is 12.6. The van der Waals surface area contributed by atoms with E-state index in [1.54, 1.807) is 0 Å². The van der Waals surface area contributed by atoms with Crippen LogP contribution < -0.4 is 5.32 Å². The van der Waals surface area contributed by atoms with E-state index in [4.69, 9.17) is 4.42 Å². The van der Waals surface area contributed by atoms with Crippen molar-refractivity contribution in [3.05, 3.63) is 36.1 Å². The van der Waals surface area contributed by atoms with Crippen molar-refractivity contribution in [3.8, 4) is 0 Å². The third-order valence-corrected chi connectivity index (χ3v) is 3.95. The fourth-order valence-corrected chi connectivity index (χ4v) is 2.25.